The van der Waals surface area contributed by atoms with Crippen molar-refractivity contribution in [1.82, 2.24) is 5.32 Å². The van der Waals surface area contributed by atoms with Crippen LogP contribution >= 0.6 is 0 Å². The fourth-order valence-electron chi connectivity index (χ4n) is 2.13. The summed E-state index contributed by atoms with van der Waals surface area (Å²) in [6.45, 7) is 7.47. The lowest BCUT2D eigenvalue weighted by Crippen LogP contribution is -2.34. The third kappa shape index (κ3) is 3.28. The van der Waals surface area contributed by atoms with Crippen molar-refractivity contribution in [3.63, 3.8) is 0 Å². The van der Waals surface area contributed by atoms with Gasteiger partial charge in [-0.15, -0.1) is 0 Å². The summed E-state index contributed by atoms with van der Waals surface area (Å²) in [6, 6.07) is 0.689. The van der Waals surface area contributed by atoms with Gasteiger partial charge >= 0.3 is 0 Å². The first-order chi connectivity index (χ1) is 6.11. The number of rotatable bonds is 4. The molecule has 1 fully saturated rings. The van der Waals surface area contributed by atoms with Crippen molar-refractivity contribution >= 4 is 0 Å². The predicted octanol–water partition coefficient (Wildman–Crippen LogP) is 1.78. The normalized spacial score (nSPS) is 36.5. The van der Waals surface area contributed by atoms with Gasteiger partial charge in [0.15, 0.2) is 0 Å². The molecule has 0 saturated heterocycles. The average Bonchev–Trinajstić information content (AvgIpc) is 2.35. The summed E-state index contributed by atoms with van der Waals surface area (Å²) in [4.78, 5) is 0. The number of aliphatic hydroxyl groups excluding tert-OH is 1. The number of hydrogen-bond acceptors (Lipinski definition) is 2. The molecule has 2 heteroatoms. The Morgan fingerprint density at radius 2 is 2.08 bits per heavy atom. The first-order valence-corrected chi connectivity index (χ1v) is 5.52. The van der Waals surface area contributed by atoms with E-state index in [1.165, 1.54) is 12.8 Å². The monoisotopic (exact) mass is 185 g/mol. The molecule has 1 aliphatic rings. The van der Waals surface area contributed by atoms with Crippen molar-refractivity contribution in [3.8, 4) is 0 Å². The number of nitrogens with one attached hydrogen (secondary N) is 1. The van der Waals surface area contributed by atoms with E-state index in [0.717, 1.165) is 24.8 Å². The summed E-state index contributed by atoms with van der Waals surface area (Å²) < 4.78 is 0. The second-order valence-electron chi connectivity index (χ2n) is 4.61. The van der Waals surface area contributed by atoms with Gasteiger partial charge in [-0.05, 0) is 44.6 Å². The quantitative estimate of drug-likeness (QED) is 0.700. The van der Waals surface area contributed by atoms with Crippen LogP contribution in [-0.4, -0.2) is 23.8 Å². The minimum Gasteiger partial charge on any atom is -0.393 e. The summed E-state index contributed by atoms with van der Waals surface area (Å²) in [7, 11) is 0. The van der Waals surface area contributed by atoms with Gasteiger partial charge in [-0.2, -0.15) is 0 Å². The van der Waals surface area contributed by atoms with Crippen LogP contribution in [0.2, 0.25) is 0 Å². The number of hydrogen-bond donors (Lipinski definition) is 2. The molecular weight excluding hydrogens is 162 g/mol. The maximum absolute atomic E-state index is 9.10. The highest BCUT2D eigenvalue weighted by molar-refractivity contribution is 4.84. The van der Waals surface area contributed by atoms with E-state index in [9.17, 15) is 0 Å². The molecular formula is C11H23NO. The largest absolute Gasteiger partial charge is 0.393 e. The second kappa shape index (κ2) is 4.97. The molecule has 1 saturated carbocycles. The van der Waals surface area contributed by atoms with Gasteiger partial charge in [0.1, 0.15) is 0 Å². The predicted molar refractivity (Wildman–Crippen MR) is 55.7 cm³/mol. The van der Waals surface area contributed by atoms with Crippen molar-refractivity contribution in [2.24, 2.45) is 11.8 Å². The van der Waals surface area contributed by atoms with Gasteiger partial charge in [0.25, 0.3) is 0 Å². The lowest BCUT2D eigenvalue weighted by atomic mass is 9.98. The summed E-state index contributed by atoms with van der Waals surface area (Å²) >= 11 is 0. The standard InChI is InChI=1S/C11H23NO/c1-8-4-5-11(10(8)3)12-7-6-9(2)13/h8-13H,4-7H2,1-3H3. The SMILES string of the molecule is CC(O)CCNC1CCC(C)C1C. The first kappa shape index (κ1) is 11.0. The summed E-state index contributed by atoms with van der Waals surface area (Å²) in [5, 5.41) is 12.6. The Hall–Kier alpha value is -0.0800. The second-order valence-corrected chi connectivity index (χ2v) is 4.61. The van der Waals surface area contributed by atoms with E-state index in [0.29, 0.717) is 6.04 Å². The van der Waals surface area contributed by atoms with Crippen molar-refractivity contribution in [3.05, 3.63) is 0 Å². The molecule has 78 valence electrons. The van der Waals surface area contributed by atoms with Crippen LogP contribution in [0.3, 0.4) is 0 Å². The van der Waals surface area contributed by atoms with E-state index in [1.54, 1.807) is 0 Å². The maximum atomic E-state index is 9.10. The molecule has 0 aromatic carbocycles. The Bertz CT molecular complexity index is 147. The van der Waals surface area contributed by atoms with Gasteiger partial charge in [-0.3, -0.25) is 0 Å². The van der Waals surface area contributed by atoms with Crippen LogP contribution in [0.15, 0.2) is 0 Å². The minimum atomic E-state index is -0.165. The molecule has 0 aliphatic heterocycles. The Balaban J connectivity index is 2.15. The van der Waals surface area contributed by atoms with Crippen LogP contribution in [0.1, 0.15) is 40.0 Å². The minimum absolute atomic E-state index is 0.165. The Kier molecular flexibility index (Phi) is 4.20. The lowest BCUT2D eigenvalue weighted by molar-refractivity contribution is 0.180. The molecule has 0 radical (unpaired) electrons. The van der Waals surface area contributed by atoms with Crippen molar-refractivity contribution in [2.45, 2.75) is 52.2 Å². The van der Waals surface area contributed by atoms with Crippen LogP contribution in [0.25, 0.3) is 0 Å². The molecule has 2 nitrogen and oxygen atoms in total. The van der Waals surface area contributed by atoms with Crippen LogP contribution in [0, 0.1) is 11.8 Å². The summed E-state index contributed by atoms with van der Waals surface area (Å²) in [6.07, 6.45) is 3.37. The smallest absolute Gasteiger partial charge is 0.0524 e. The zero-order chi connectivity index (χ0) is 9.84. The van der Waals surface area contributed by atoms with Gasteiger partial charge in [0.05, 0.1) is 6.10 Å². The summed E-state index contributed by atoms with van der Waals surface area (Å²) in [5.74, 6) is 1.66. The first-order valence-electron chi connectivity index (χ1n) is 5.52. The highest BCUT2D eigenvalue weighted by Gasteiger charge is 2.28. The molecule has 0 spiro atoms. The van der Waals surface area contributed by atoms with Gasteiger partial charge in [-0.25, -0.2) is 0 Å². The zero-order valence-corrected chi connectivity index (χ0v) is 9.09. The summed E-state index contributed by atoms with van der Waals surface area (Å²) in [5.41, 5.74) is 0. The van der Waals surface area contributed by atoms with Crippen molar-refractivity contribution in [2.75, 3.05) is 6.54 Å². The Morgan fingerprint density at radius 1 is 1.38 bits per heavy atom. The highest BCUT2D eigenvalue weighted by Crippen LogP contribution is 2.30. The maximum Gasteiger partial charge on any atom is 0.0524 e. The van der Waals surface area contributed by atoms with Crippen LogP contribution in [0.4, 0.5) is 0 Å². The molecule has 4 atom stereocenters. The fourth-order valence-corrected chi connectivity index (χ4v) is 2.13. The van der Waals surface area contributed by atoms with E-state index in [1.807, 2.05) is 6.92 Å². The Labute approximate surface area is 81.7 Å². The average molecular weight is 185 g/mol. The van der Waals surface area contributed by atoms with E-state index >= 15 is 0 Å². The molecule has 13 heavy (non-hydrogen) atoms. The van der Waals surface area contributed by atoms with Crippen LogP contribution in [0.5, 0.6) is 0 Å². The Morgan fingerprint density at radius 3 is 2.54 bits per heavy atom. The topological polar surface area (TPSA) is 32.3 Å². The van der Waals surface area contributed by atoms with E-state index in [4.69, 9.17) is 5.11 Å². The van der Waals surface area contributed by atoms with Crippen LogP contribution < -0.4 is 5.32 Å². The molecule has 0 aromatic heterocycles. The van der Waals surface area contributed by atoms with Crippen molar-refractivity contribution in [1.29, 1.82) is 0 Å². The number of aliphatic hydroxyl groups is 1. The lowest BCUT2D eigenvalue weighted by Gasteiger charge is -2.19. The molecule has 0 aromatic rings. The van der Waals surface area contributed by atoms with Gasteiger partial charge in [0.2, 0.25) is 0 Å². The molecule has 0 bridgehead atoms. The third-order valence-corrected chi connectivity index (χ3v) is 3.43. The van der Waals surface area contributed by atoms with E-state index < -0.39 is 0 Å². The van der Waals surface area contributed by atoms with E-state index in [-0.39, 0.29) is 6.10 Å². The van der Waals surface area contributed by atoms with Gasteiger partial charge < -0.3 is 10.4 Å². The van der Waals surface area contributed by atoms with E-state index in [2.05, 4.69) is 19.2 Å². The molecule has 2 N–H and O–H groups in total. The highest BCUT2D eigenvalue weighted by atomic mass is 16.3. The molecule has 4 unspecified atom stereocenters. The molecule has 0 amide bonds. The van der Waals surface area contributed by atoms with Gasteiger partial charge in [-0.1, -0.05) is 13.8 Å². The van der Waals surface area contributed by atoms with Crippen LogP contribution in [-0.2, 0) is 0 Å². The van der Waals surface area contributed by atoms with Gasteiger partial charge in [0, 0.05) is 6.04 Å². The fraction of sp³-hybridized carbons (Fsp3) is 1.00. The molecule has 1 aliphatic carbocycles. The van der Waals surface area contributed by atoms with Crippen molar-refractivity contribution < 1.29 is 5.11 Å². The molecule has 0 heterocycles. The zero-order valence-electron chi connectivity index (χ0n) is 9.09. The third-order valence-electron chi connectivity index (χ3n) is 3.43. The molecule has 1 rings (SSSR count).